The van der Waals surface area contributed by atoms with Crippen molar-refractivity contribution < 1.29 is 5.11 Å². The Hall–Kier alpha value is -0.343. The van der Waals surface area contributed by atoms with Crippen molar-refractivity contribution in [1.29, 1.82) is 0 Å². The fourth-order valence-electron chi connectivity index (χ4n) is 3.45. The first-order chi connectivity index (χ1) is 8.91. The van der Waals surface area contributed by atoms with Gasteiger partial charge in [-0.2, -0.15) is 0 Å². The summed E-state index contributed by atoms with van der Waals surface area (Å²) >= 11 is 0. The maximum Gasteiger partial charge on any atom is 0.0792 e. The van der Waals surface area contributed by atoms with Gasteiger partial charge in [0.15, 0.2) is 0 Å². The van der Waals surface area contributed by atoms with E-state index in [1.165, 1.54) is 22.3 Å². The maximum atomic E-state index is 10.5. The third-order valence-corrected chi connectivity index (χ3v) is 11.8. The minimum Gasteiger partial charge on any atom is -0.388 e. The fraction of sp³-hybridized carbons (Fsp3) is 0.778. The summed E-state index contributed by atoms with van der Waals surface area (Å²) in [6, 6.07) is 0. The minimum atomic E-state index is -1.45. The average Bonchev–Trinajstić information content (AvgIpc) is 2.25. The van der Waals surface area contributed by atoms with Crippen molar-refractivity contribution in [2.75, 3.05) is 0 Å². The van der Waals surface area contributed by atoms with Crippen LogP contribution in [0.15, 0.2) is 22.3 Å². The molecular formula is C18H34OSi. The van der Waals surface area contributed by atoms with Gasteiger partial charge >= 0.3 is 0 Å². The van der Waals surface area contributed by atoms with Gasteiger partial charge in [0.1, 0.15) is 0 Å². The highest BCUT2D eigenvalue weighted by molar-refractivity contribution is 6.82. The molecule has 1 fully saturated rings. The van der Waals surface area contributed by atoms with E-state index in [2.05, 4.69) is 61.6 Å². The molecule has 1 N–H and O–H groups in total. The third kappa shape index (κ3) is 3.12. The monoisotopic (exact) mass is 294 g/mol. The van der Waals surface area contributed by atoms with Crippen molar-refractivity contribution in [1.82, 2.24) is 0 Å². The van der Waals surface area contributed by atoms with E-state index < -0.39 is 8.07 Å². The van der Waals surface area contributed by atoms with Gasteiger partial charge in [-0.25, -0.2) is 0 Å². The van der Waals surface area contributed by atoms with Crippen LogP contribution < -0.4 is 0 Å². The molecule has 0 heterocycles. The normalized spacial score (nSPS) is 24.9. The maximum absolute atomic E-state index is 10.5. The van der Waals surface area contributed by atoms with Crippen molar-refractivity contribution in [2.24, 2.45) is 0 Å². The van der Waals surface area contributed by atoms with Crippen LogP contribution in [0.5, 0.6) is 0 Å². The molecule has 1 aliphatic rings. The van der Waals surface area contributed by atoms with Crippen molar-refractivity contribution in [3.05, 3.63) is 22.3 Å². The summed E-state index contributed by atoms with van der Waals surface area (Å²) in [5.74, 6) is 0. The highest BCUT2D eigenvalue weighted by Crippen LogP contribution is 2.53. The molecule has 1 saturated carbocycles. The zero-order valence-corrected chi connectivity index (χ0v) is 16.0. The molecule has 0 bridgehead atoms. The van der Waals surface area contributed by atoms with Crippen LogP contribution in [-0.2, 0) is 0 Å². The molecular weight excluding hydrogens is 260 g/mol. The Morgan fingerprint density at radius 2 is 1.40 bits per heavy atom. The van der Waals surface area contributed by atoms with Gasteiger partial charge in [0.25, 0.3) is 0 Å². The predicted molar refractivity (Wildman–Crippen MR) is 92.9 cm³/mol. The van der Waals surface area contributed by atoms with Crippen molar-refractivity contribution in [2.45, 2.75) is 91.1 Å². The van der Waals surface area contributed by atoms with Gasteiger partial charge in [-0.1, -0.05) is 45.0 Å². The Morgan fingerprint density at radius 1 is 0.950 bits per heavy atom. The van der Waals surface area contributed by atoms with Crippen LogP contribution in [0, 0.1) is 0 Å². The molecule has 0 amide bonds. The predicted octanol–water partition coefficient (Wildman–Crippen LogP) is 5.69. The molecule has 2 heteroatoms. The number of allylic oxidation sites excluding steroid dienone is 2. The molecule has 20 heavy (non-hydrogen) atoms. The van der Waals surface area contributed by atoms with E-state index in [1.54, 1.807) is 0 Å². The zero-order valence-electron chi connectivity index (χ0n) is 15.0. The Bertz CT molecular complexity index is 427. The molecule has 0 radical (unpaired) electrons. The molecule has 1 aliphatic carbocycles. The second kappa shape index (κ2) is 5.80. The van der Waals surface area contributed by atoms with E-state index in [9.17, 15) is 5.11 Å². The quantitative estimate of drug-likeness (QED) is 0.616. The van der Waals surface area contributed by atoms with Crippen LogP contribution >= 0.6 is 0 Å². The van der Waals surface area contributed by atoms with Crippen LogP contribution in [0.3, 0.4) is 0 Å². The topological polar surface area (TPSA) is 20.2 Å². The molecule has 0 aromatic carbocycles. The second-order valence-electron chi connectivity index (χ2n) is 8.44. The minimum absolute atomic E-state index is 0.258. The summed E-state index contributed by atoms with van der Waals surface area (Å²) in [4.78, 5) is 0. The van der Waals surface area contributed by atoms with Crippen molar-refractivity contribution in [3.63, 3.8) is 0 Å². The highest BCUT2D eigenvalue weighted by atomic mass is 28.3. The summed E-state index contributed by atoms with van der Waals surface area (Å²) in [5, 5.41) is 10.9. The first-order valence-electron chi connectivity index (χ1n) is 7.94. The van der Waals surface area contributed by atoms with Gasteiger partial charge in [-0.15, -0.1) is 0 Å². The lowest BCUT2D eigenvalue weighted by Gasteiger charge is -2.48. The number of rotatable bonds is 1. The van der Waals surface area contributed by atoms with Gasteiger partial charge in [0.05, 0.1) is 14.2 Å². The molecule has 0 spiro atoms. The first-order valence-corrected chi connectivity index (χ1v) is 11.0. The van der Waals surface area contributed by atoms with Crippen LogP contribution in [0.2, 0.25) is 23.7 Å². The molecule has 2 atom stereocenters. The summed E-state index contributed by atoms with van der Waals surface area (Å²) < 4.78 is 0. The number of hydrogen-bond acceptors (Lipinski definition) is 1. The highest BCUT2D eigenvalue weighted by Gasteiger charge is 2.46. The molecule has 0 saturated heterocycles. The Morgan fingerprint density at radius 3 is 1.75 bits per heavy atom. The van der Waals surface area contributed by atoms with Gasteiger partial charge < -0.3 is 5.11 Å². The van der Waals surface area contributed by atoms with Gasteiger partial charge in [0, 0.05) is 0 Å². The summed E-state index contributed by atoms with van der Waals surface area (Å²) in [7, 11) is -1.45. The molecule has 1 rings (SSSR count). The van der Waals surface area contributed by atoms with Gasteiger partial charge in [0.2, 0.25) is 0 Å². The molecule has 0 aromatic heterocycles. The molecule has 0 aromatic rings. The van der Waals surface area contributed by atoms with Crippen LogP contribution in [0.4, 0.5) is 0 Å². The zero-order chi connectivity index (χ0) is 15.9. The average molecular weight is 295 g/mol. The van der Waals surface area contributed by atoms with E-state index in [4.69, 9.17) is 0 Å². The fourth-order valence-corrected chi connectivity index (χ4v) is 6.54. The SMILES string of the molecule is CC(C)=C1C(=C(C)C)[C@H]([Si](C)(C)C(C)(C)C)CC[C@H]1O. The molecule has 116 valence electrons. The van der Waals surface area contributed by atoms with Crippen molar-refractivity contribution >= 4 is 8.07 Å². The number of aliphatic hydroxyl groups is 1. The number of aliphatic hydroxyl groups excluding tert-OH is 1. The summed E-state index contributed by atoms with van der Waals surface area (Å²) in [6.45, 7) is 21.0. The van der Waals surface area contributed by atoms with Crippen LogP contribution in [0.1, 0.15) is 61.3 Å². The molecule has 1 nitrogen and oxygen atoms in total. The number of hydrogen-bond donors (Lipinski definition) is 1. The third-order valence-electron chi connectivity index (χ3n) is 5.58. The van der Waals surface area contributed by atoms with Gasteiger partial charge in [-0.05, 0) is 62.3 Å². The Balaban J connectivity index is 3.44. The van der Waals surface area contributed by atoms with E-state index in [-0.39, 0.29) is 6.10 Å². The van der Waals surface area contributed by atoms with E-state index >= 15 is 0 Å². The summed E-state index contributed by atoms with van der Waals surface area (Å²) in [5.41, 5.74) is 6.08. The van der Waals surface area contributed by atoms with E-state index in [0.29, 0.717) is 10.6 Å². The second-order valence-corrected chi connectivity index (χ2v) is 14.1. The lowest BCUT2D eigenvalue weighted by Crippen LogP contribution is -2.45. The smallest absolute Gasteiger partial charge is 0.0792 e. The van der Waals surface area contributed by atoms with Crippen LogP contribution in [-0.4, -0.2) is 19.3 Å². The Kier molecular flexibility index (Phi) is 5.14. The summed E-state index contributed by atoms with van der Waals surface area (Å²) in [6.07, 6.45) is 1.81. The van der Waals surface area contributed by atoms with Crippen LogP contribution in [0.25, 0.3) is 0 Å². The lowest BCUT2D eigenvalue weighted by atomic mass is 9.82. The largest absolute Gasteiger partial charge is 0.388 e. The Labute approximate surface area is 127 Å². The van der Waals surface area contributed by atoms with E-state index in [1.807, 2.05) is 0 Å². The molecule has 0 aliphatic heterocycles. The van der Waals surface area contributed by atoms with Gasteiger partial charge in [-0.3, -0.25) is 0 Å². The van der Waals surface area contributed by atoms with Crippen molar-refractivity contribution in [3.8, 4) is 0 Å². The molecule has 0 unspecified atom stereocenters. The standard InChI is InChI=1S/C18H34OSi/c1-12(2)16-14(19)10-11-15(17(16)13(3)4)20(8,9)18(5,6)7/h14-15,19H,10-11H2,1-9H3/t14-,15-/m1/s1. The van der Waals surface area contributed by atoms with E-state index in [0.717, 1.165) is 12.8 Å². The lowest BCUT2D eigenvalue weighted by molar-refractivity contribution is 0.188. The first kappa shape index (κ1) is 17.7.